The van der Waals surface area contributed by atoms with Crippen LogP contribution in [0.25, 0.3) is 5.70 Å². The van der Waals surface area contributed by atoms with Gasteiger partial charge in [-0.1, -0.05) is 20.8 Å². The number of hydrogen-bond acceptors (Lipinski definition) is 8. The Hall–Kier alpha value is -4.16. The summed E-state index contributed by atoms with van der Waals surface area (Å²) < 4.78 is 46.7. The van der Waals surface area contributed by atoms with Crippen molar-refractivity contribution in [2.45, 2.75) is 26.2 Å². The minimum Gasteiger partial charge on any atom is -0.492 e. The molecule has 200 valence electrons. The zero-order valence-corrected chi connectivity index (χ0v) is 22.4. The molecule has 3 aromatic rings. The Morgan fingerprint density at radius 1 is 1.13 bits per heavy atom. The highest BCUT2D eigenvalue weighted by atomic mass is 32.2. The van der Waals surface area contributed by atoms with Gasteiger partial charge in [0.25, 0.3) is 5.91 Å². The van der Waals surface area contributed by atoms with Crippen LogP contribution in [0.5, 0.6) is 5.75 Å². The van der Waals surface area contributed by atoms with Gasteiger partial charge in [0.15, 0.2) is 5.75 Å². The van der Waals surface area contributed by atoms with Crippen LogP contribution in [-0.4, -0.2) is 32.7 Å². The van der Waals surface area contributed by atoms with Crippen molar-refractivity contribution >= 4 is 38.7 Å². The van der Waals surface area contributed by atoms with Gasteiger partial charge in [-0.2, -0.15) is 0 Å². The summed E-state index contributed by atoms with van der Waals surface area (Å²) >= 11 is 0. The second-order valence-electron chi connectivity index (χ2n) is 9.74. The summed E-state index contributed by atoms with van der Waals surface area (Å²) in [5.74, 6) is -0.940. The smallest absolute Gasteiger partial charge is 0.255 e. The van der Waals surface area contributed by atoms with E-state index in [0.717, 1.165) is 17.4 Å². The molecule has 12 heteroatoms. The molecule has 0 spiro atoms. The maximum absolute atomic E-state index is 14.8. The number of methoxy groups -OCH3 is 1. The Morgan fingerprint density at radius 2 is 1.87 bits per heavy atom. The highest BCUT2D eigenvalue weighted by Crippen LogP contribution is 2.39. The highest BCUT2D eigenvalue weighted by molar-refractivity contribution is 7.92. The zero-order chi connectivity index (χ0) is 27.7. The lowest BCUT2D eigenvalue weighted by Gasteiger charge is -2.24. The van der Waals surface area contributed by atoms with Crippen molar-refractivity contribution in [3.63, 3.8) is 0 Å². The minimum atomic E-state index is -3.63. The van der Waals surface area contributed by atoms with Gasteiger partial charge in [-0.3, -0.25) is 19.5 Å². The van der Waals surface area contributed by atoms with E-state index in [9.17, 15) is 17.6 Å². The van der Waals surface area contributed by atoms with Crippen LogP contribution in [-0.2, 0) is 15.4 Å². The van der Waals surface area contributed by atoms with E-state index in [2.05, 4.69) is 26.0 Å². The van der Waals surface area contributed by atoms with Gasteiger partial charge in [0, 0.05) is 29.7 Å². The highest BCUT2D eigenvalue weighted by Gasteiger charge is 2.24. The Labute approximate surface area is 220 Å². The number of hydrogen-bond donors (Lipinski definition) is 4. The zero-order valence-electron chi connectivity index (χ0n) is 21.6. The molecular weight excluding hydrogens is 511 g/mol. The topological polar surface area (TPSA) is 125 Å². The number of nitrogens with zero attached hydrogens (tertiary/aromatic N) is 2. The van der Waals surface area contributed by atoms with Crippen molar-refractivity contribution < 1.29 is 22.3 Å². The number of nitrogens with one attached hydrogen (secondary N) is 4. The van der Waals surface area contributed by atoms with Crippen molar-refractivity contribution in [3.8, 4) is 5.75 Å². The van der Waals surface area contributed by atoms with Crippen molar-refractivity contribution in [3.05, 3.63) is 83.6 Å². The number of carbonyl (C=O) groups excluding carboxylic acids is 1. The van der Waals surface area contributed by atoms with E-state index in [1.807, 2.05) is 26.8 Å². The van der Waals surface area contributed by atoms with Crippen LogP contribution >= 0.6 is 0 Å². The molecule has 0 fully saturated rings. The van der Waals surface area contributed by atoms with Crippen LogP contribution in [0.1, 0.15) is 42.3 Å². The normalized spacial score (nSPS) is 13.5. The minimum absolute atomic E-state index is 0.110. The van der Waals surface area contributed by atoms with Crippen molar-refractivity contribution in [2.75, 3.05) is 28.4 Å². The van der Waals surface area contributed by atoms with E-state index in [-0.39, 0.29) is 33.8 Å². The number of sulfonamides is 1. The number of amides is 1. The molecule has 0 unspecified atom stereocenters. The van der Waals surface area contributed by atoms with Gasteiger partial charge in [0.2, 0.25) is 10.0 Å². The maximum atomic E-state index is 14.8. The van der Waals surface area contributed by atoms with E-state index < -0.39 is 21.7 Å². The fourth-order valence-corrected chi connectivity index (χ4v) is 4.35. The molecule has 2 aromatic carbocycles. The number of rotatable bonds is 7. The van der Waals surface area contributed by atoms with E-state index in [0.29, 0.717) is 5.70 Å². The number of anilines is 3. The third-order valence-corrected chi connectivity index (χ3v) is 6.30. The first kappa shape index (κ1) is 26.9. The molecule has 2 heterocycles. The average molecular weight is 541 g/mol. The number of ether oxygens (including phenoxy) is 1. The summed E-state index contributed by atoms with van der Waals surface area (Å²) in [6.45, 7) is 5.88. The molecule has 1 aromatic heterocycles. The van der Waals surface area contributed by atoms with Crippen LogP contribution in [0, 0.1) is 5.82 Å². The summed E-state index contributed by atoms with van der Waals surface area (Å²) in [5.41, 5.74) is 8.41. The predicted octanol–water partition coefficient (Wildman–Crippen LogP) is 3.98. The Kier molecular flexibility index (Phi) is 7.29. The number of pyridine rings is 1. The van der Waals surface area contributed by atoms with E-state index in [1.165, 1.54) is 30.3 Å². The molecule has 0 saturated carbocycles. The Bertz CT molecular complexity index is 1500. The first-order valence-corrected chi connectivity index (χ1v) is 13.5. The summed E-state index contributed by atoms with van der Waals surface area (Å²) in [4.78, 5) is 17.4. The van der Waals surface area contributed by atoms with Gasteiger partial charge in [0.05, 0.1) is 36.1 Å². The quantitative estimate of drug-likeness (QED) is 0.355. The summed E-state index contributed by atoms with van der Waals surface area (Å²) in [6, 6.07) is 11.0. The van der Waals surface area contributed by atoms with Crippen LogP contribution in [0.4, 0.5) is 21.5 Å². The third-order valence-electron chi connectivity index (χ3n) is 5.71. The monoisotopic (exact) mass is 540 g/mol. The first-order chi connectivity index (χ1) is 17.9. The molecular formula is C26H29FN6O4S. The lowest BCUT2D eigenvalue weighted by molar-refractivity contribution is 0.102. The molecule has 1 aliphatic heterocycles. The second-order valence-corrected chi connectivity index (χ2v) is 11.5. The van der Waals surface area contributed by atoms with Crippen LogP contribution in [0.3, 0.4) is 0 Å². The maximum Gasteiger partial charge on any atom is 0.255 e. The number of aromatic nitrogens is 1. The largest absolute Gasteiger partial charge is 0.492 e. The number of halogens is 1. The summed E-state index contributed by atoms with van der Waals surface area (Å²) in [7, 11) is -2.25. The molecule has 0 saturated heterocycles. The van der Waals surface area contributed by atoms with Crippen molar-refractivity contribution in [1.82, 2.24) is 15.9 Å². The molecule has 4 rings (SSSR count). The molecule has 1 aliphatic rings. The van der Waals surface area contributed by atoms with Gasteiger partial charge in [-0.25, -0.2) is 12.8 Å². The van der Waals surface area contributed by atoms with E-state index >= 15 is 0 Å². The lowest BCUT2D eigenvalue weighted by Crippen LogP contribution is -2.36. The molecule has 10 nitrogen and oxygen atoms in total. The van der Waals surface area contributed by atoms with Crippen LogP contribution in [0.15, 0.2) is 61.1 Å². The van der Waals surface area contributed by atoms with Gasteiger partial charge in [-0.15, -0.1) is 5.53 Å². The fourth-order valence-electron chi connectivity index (χ4n) is 3.80. The number of carbonyl (C=O) groups is 1. The average Bonchev–Trinajstić information content (AvgIpc) is 3.33. The van der Waals surface area contributed by atoms with E-state index in [1.54, 1.807) is 36.8 Å². The first-order valence-electron chi connectivity index (χ1n) is 11.6. The van der Waals surface area contributed by atoms with Crippen molar-refractivity contribution in [1.29, 1.82) is 0 Å². The molecule has 38 heavy (non-hydrogen) atoms. The lowest BCUT2D eigenvalue weighted by atomic mass is 9.86. The molecule has 0 atom stereocenters. The standard InChI is InChI=1S/C26H29FN6O4S/c1-26(2,3)18-12-20(24(37-4)21(13-18)31-38(5,35)36)29-25(34)16-8-9-19(27)23(11-16)33-15-22(30-32-33)17-7-6-10-28-14-17/h6-15,30-32H,1-5H3,(H,29,34). The molecule has 0 bridgehead atoms. The van der Waals surface area contributed by atoms with Gasteiger partial charge >= 0.3 is 0 Å². The second kappa shape index (κ2) is 10.3. The molecule has 4 N–H and O–H groups in total. The molecule has 0 aliphatic carbocycles. The predicted molar refractivity (Wildman–Crippen MR) is 145 cm³/mol. The van der Waals surface area contributed by atoms with Crippen LogP contribution in [0.2, 0.25) is 0 Å². The van der Waals surface area contributed by atoms with Crippen LogP contribution < -0.4 is 30.7 Å². The molecule has 0 radical (unpaired) electrons. The molecule has 1 amide bonds. The van der Waals surface area contributed by atoms with Gasteiger partial charge in [0.1, 0.15) is 5.82 Å². The Morgan fingerprint density at radius 3 is 2.50 bits per heavy atom. The van der Waals surface area contributed by atoms with Crippen molar-refractivity contribution in [2.24, 2.45) is 0 Å². The Balaban J connectivity index is 1.67. The third kappa shape index (κ3) is 6.03. The van der Waals surface area contributed by atoms with Gasteiger partial charge < -0.3 is 15.5 Å². The number of hydrazine groups is 2. The van der Waals surface area contributed by atoms with E-state index in [4.69, 9.17) is 4.74 Å². The van der Waals surface area contributed by atoms with Gasteiger partial charge in [-0.05, 0) is 53.4 Å². The summed E-state index contributed by atoms with van der Waals surface area (Å²) in [6.07, 6.45) is 5.99. The SMILES string of the molecule is COc1c(NC(=O)c2ccc(F)c(N3C=C(c4cccnc4)NN3)c2)cc(C(C)(C)C)cc1NS(C)(=O)=O. The number of benzene rings is 2. The fraction of sp³-hybridized carbons (Fsp3) is 0.231. The summed E-state index contributed by atoms with van der Waals surface area (Å²) in [5, 5.41) is 4.21.